The SMILES string of the molecule is COc1cc2c(Oc3ccc(NC(=O)c4cn(-c5ccccc5OC)cn4)cc3F)ccnc2cc1OCCCN1CCN(C)CC1. The molecule has 0 unspecified atom stereocenters. The number of piperazine rings is 1. The van der Waals surface area contributed by atoms with Crippen LogP contribution in [0, 0.1) is 5.82 Å². The van der Waals surface area contributed by atoms with Crippen LogP contribution < -0.4 is 24.3 Å². The topological polar surface area (TPSA) is 103 Å². The van der Waals surface area contributed by atoms with Crippen molar-refractivity contribution in [3.63, 3.8) is 0 Å². The van der Waals surface area contributed by atoms with Gasteiger partial charge in [0, 0.05) is 68.3 Å². The molecule has 0 spiro atoms. The van der Waals surface area contributed by atoms with Crippen LogP contribution in [0.15, 0.2) is 79.4 Å². The number of anilines is 1. The standard InChI is InChI=1S/C35H37FN6O5/c1-40-14-16-41(17-15-40)13-6-18-46-34-21-27-25(20-33(34)45-3)30(11-12-37-27)47-31-10-9-24(19-26(31)36)39-35(43)28-22-42(23-38-28)29-7-4-5-8-32(29)44-2/h4-5,7-12,19-23H,6,13-18H2,1-3H3,(H,39,43). The molecule has 0 aliphatic carbocycles. The highest BCUT2D eigenvalue weighted by atomic mass is 19.1. The smallest absolute Gasteiger partial charge is 0.275 e. The van der Waals surface area contributed by atoms with Crippen LogP contribution in [-0.4, -0.2) is 90.8 Å². The number of methoxy groups -OCH3 is 2. The molecule has 1 fully saturated rings. The third-order valence-electron chi connectivity index (χ3n) is 8.05. The van der Waals surface area contributed by atoms with Crippen LogP contribution in [0.5, 0.6) is 28.7 Å². The molecule has 5 aromatic rings. The summed E-state index contributed by atoms with van der Waals surface area (Å²) in [6.07, 6.45) is 5.58. The Morgan fingerprint density at radius 2 is 1.70 bits per heavy atom. The van der Waals surface area contributed by atoms with Crippen LogP contribution in [0.2, 0.25) is 0 Å². The Morgan fingerprint density at radius 3 is 2.49 bits per heavy atom. The molecule has 1 amide bonds. The number of nitrogens with one attached hydrogen (secondary N) is 1. The number of hydrogen-bond donors (Lipinski definition) is 1. The maximum absolute atomic E-state index is 15.3. The van der Waals surface area contributed by atoms with Gasteiger partial charge < -0.3 is 38.6 Å². The molecule has 0 bridgehead atoms. The van der Waals surface area contributed by atoms with Crippen molar-refractivity contribution in [2.75, 3.05) is 65.9 Å². The maximum atomic E-state index is 15.3. The van der Waals surface area contributed by atoms with E-state index >= 15 is 4.39 Å². The Bertz CT molecular complexity index is 1860. The lowest BCUT2D eigenvalue weighted by molar-refractivity contribution is 0.102. The number of ether oxygens (including phenoxy) is 4. The molecule has 1 N–H and O–H groups in total. The van der Waals surface area contributed by atoms with Crippen molar-refractivity contribution in [3.05, 3.63) is 90.9 Å². The number of hydrogen-bond acceptors (Lipinski definition) is 9. The molecule has 3 aromatic carbocycles. The monoisotopic (exact) mass is 640 g/mol. The van der Waals surface area contributed by atoms with Gasteiger partial charge in [0.1, 0.15) is 23.5 Å². The van der Waals surface area contributed by atoms with Crippen LogP contribution >= 0.6 is 0 Å². The average molecular weight is 641 g/mol. The van der Waals surface area contributed by atoms with Crippen molar-refractivity contribution < 1.29 is 28.1 Å². The van der Waals surface area contributed by atoms with Gasteiger partial charge in [0.15, 0.2) is 23.1 Å². The van der Waals surface area contributed by atoms with Gasteiger partial charge in [-0.3, -0.25) is 9.78 Å². The number of para-hydroxylation sites is 2. The number of amides is 1. The van der Waals surface area contributed by atoms with Crippen LogP contribution in [0.3, 0.4) is 0 Å². The third-order valence-corrected chi connectivity index (χ3v) is 8.05. The van der Waals surface area contributed by atoms with Gasteiger partial charge in [-0.25, -0.2) is 9.37 Å². The highest BCUT2D eigenvalue weighted by molar-refractivity contribution is 6.02. The van der Waals surface area contributed by atoms with Crippen molar-refractivity contribution in [1.82, 2.24) is 24.3 Å². The fourth-order valence-corrected chi connectivity index (χ4v) is 5.42. The second-order valence-corrected chi connectivity index (χ2v) is 11.2. The summed E-state index contributed by atoms with van der Waals surface area (Å²) in [6, 6.07) is 16.8. The number of likely N-dealkylation sites (N-methyl/N-ethyl adjacent to an activating group) is 1. The van der Waals surface area contributed by atoms with Gasteiger partial charge in [-0.2, -0.15) is 0 Å². The average Bonchev–Trinajstić information content (AvgIpc) is 3.59. The van der Waals surface area contributed by atoms with E-state index in [1.54, 1.807) is 55.4 Å². The first-order valence-corrected chi connectivity index (χ1v) is 15.4. The van der Waals surface area contributed by atoms with Gasteiger partial charge in [-0.15, -0.1) is 0 Å². The van der Waals surface area contributed by atoms with E-state index in [1.807, 2.05) is 24.3 Å². The summed E-state index contributed by atoms with van der Waals surface area (Å²) in [5.74, 6) is 0.988. The molecule has 47 heavy (non-hydrogen) atoms. The van der Waals surface area contributed by atoms with E-state index in [0.717, 1.165) is 44.8 Å². The fraction of sp³-hybridized carbons (Fsp3) is 0.286. The van der Waals surface area contributed by atoms with Crippen molar-refractivity contribution in [1.29, 1.82) is 0 Å². The van der Waals surface area contributed by atoms with E-state index in [2.05, 4.69) is 32.1 Å². The van der Waals surface area contributed by atoms with E-state index in [-0.39, 0.29) is 17.1 Å². The third kappa shape index (κ3) is 7.45. The molecule has 6 rings (SSSR count). The summed E-state index contributed by atoms with van der Waals surface area (Å²) in [5.41, 5.74) is 1.76. The first kappa shape index (κ1) is 31.8. The van der Waals surface area contributed by atoms with Gasteiger partial charge >= 0.3 is 0 Å². The highest BCUT2D eigenvalue weighted by Crippen LogP contribution is 2.38. The van der Waals surface area contributed by atoms with Crippen LogP contribution in [0.1, 0.15) is 16.9 Å². The summed E-state index contributed by atoms with van der Waals surface area (Å²) < 4.78 is 40.0. The van der Waals surface area contributed by atoms with E-state index in [0.29, 0.717) is 40.5 Å². The number of benzene rings is 3. The number of rotatable bonds is 12. The zero-order valence-electron chi connectivity index (χ0n) is 26.6. The quantitative estimate of drug-likeness (QED) is 0.174. The molecule has 1 saturated heterocycles. The van der Waals surface area contributed by atoms with Crippen LogP contribution in [0.25, 0.3) is 16.6 Å². The maximum Gasteiger partial charge on any atom is 0.275 e. The predicted octanol–water partition coefficient (Wildman–Crippen LogP) is 5.64. The summed E-state index contributed by atoms with van der Waals surface area (Å²) >= 11 is 0. The summed E-state index contributed by atoms with van der Waals surface area (Å²) in [6.45, 7) is 5.82. The van der Waals surface area contributed by atoms with Crippen molar-refractivity contribution >= 4 is 22.5 Å². The van der Waals surface area contributed by atoms with E-state index in [1.165, 1.54) is 18.5 Å². The molecule has 1 aliphatic heterocycles. The number of fused-ring (bicyclic) bond motifs is 1. The van der Waals surface area contributed by atoms with Crippen molar-refractivity contribution in [3.8, 4) is 34.4 Å². The zero-order valence-corrected chi connectivity index (χ0v) is 26.6. The van der Waals surface area contributed by atoms with E-state index in [4.69, 9.17) is 18.9 Å². The van der Waals surface area contributed by atoms with Gasteiger partial charge in [-0.1, -0.05) is 12.1 Å². The molecule has 0 saturated carbocycles. The molecule has 0 atom stereocenters. The summed E-state index contributed by atoms with van der Waals surface area (Å²) in [4.78, 5) is 26.4. The normalized spacial score (nSPS) is 13.8. The van der Waals surface area contributed by atoms with Gasteiger partial charge in [0.2, 0.25) is 0 Å². The van der Waals surface area contributed by atoms with Crippen LogP contribution in [0.4, 0.5) is 10.1 Å². The number of carbonyl (C=O) groups excluding carboxylic acids is 1. The fourth-order valence-electron chi connectivity index (χ4n) is 5.42. The van der Waals surface area contributed by atoms with E-state index < -0.39 is 11.7 Å². The number of carbonyl (C=O) groups is 1. The second-order valence-electron chi connectivity index (χ2n) is 11.2. The Kier molecular flexibility index (Phi) is 9.79. The minimum absolute atomic E-state index is 0.0147. The highest BCUT2D eigenvalue weighted by Gasteiger charge is 2.17. The molecule has 244 valence electrons. The summed E-state index contributed by atoms with van der Waals surface area (Å²) in [5, 5.41) is 3.32. The molecule has 0 radical (unpaired) electrons. The molecule has 1 aliphatic rings. The first-order valence-electron chi connectivity index (χ1n) is 15.4. The zero-order chi connectivity index (χ0) is 32.8. The number of imidazole rings is 1. The molecule has 2 aromatic heterocycles. The second kappa shape index (κ2) is 14.5. The molecule has 11 nitrogen and oxygen atoms in total. The number of halogens is 1. The largest absolute Gasteiger partial charge is 0.495 e. The van der Waals surface area contributed by atoms with Gasteiger partial charge in [0.25, 0.3) is 5.91 Å². The Morgan fingerprint density at radius 1 is 0.894 bits per heavy atom. The Labute approximate surface area is 272 Å². The lowest BCUT2D eigenvalue weighted by atomic mass is 10.1. The number of pyridine rings is 1. The van der Waals surface area contributed by atoms with Crippen molar-refractivity contribution in [2.24, 2.45) is 0 Å². The Balaban J connectivity index is 1.11. The lowest BCUT2D eigenvalue weighted by Crippen LogP contribution is -2.44. The molecule has 3 heterocycles. The number of nitrogens with zero attached hydrogens (tertiary/aromatic N) is 5. The van der Waals surface area contributed by atoms with Gasteiger partial charge in [0.05, 0.1) is 32.0 Å². The van der Waals surface area contributed by atoms with E-state index in [9.17, 15) is 4.79 Å². The van der Waals surface area contributed by atoms with Gasteiger partial charge in [-0.05, 0) is 49.9 Å². The van der Waals surface area contributed by atoms with Crippen LogP contribution in [-0.2, 0) is 0 Å². The predicted molar refractivity (Wildman–Crippen MR) is 177 cm³/mol. The summed E-state index contributed by atoms with van der Waals surface area (Å²) in [7, 11) is 5.29. The minimum Gasteiger partial charge on any atom is -0.495 e. The number of aromatic nitrogens is 3. The van der Waals surface area contributed by atoms with Crippen molar-refractivity contribution in [2.45, 2.75) is 6.42 Å². The molecular formula is C35H37FN6O5. The first-order chi connectivity index (χ1) is 22.9. The Hall–Kier alpha value is -5.20. The molecular weight excluding hydrogens is 603 g/mol. The molecule has 12 heteroatoms. The minimum atomic E-state index is -0.653. The lowest BCUT2D eigenvalue weighted by Gasteiger charge is -2.32.